The summed E-state index contributed by atoms with van der Waals surface area (Å²) in [6.07, 6.45) is 2.89. The van der Waals surface area contributed by atoms with Crippen molar-refractivity contribution in [2.24, 2.45) is 5.41 Å². The lowest BCUT2D eigenvalue weighted by Gasteiger charge is -2.17. The fraction of sp³-hybridized carbons (Fsp3) is 0.875. The van der Waals surface area contributed by atoms with Crippen molar-refractivity contribution in [2.45, 2.75) is 78.3 Å². The van der Waals surface area contributed by atoms with E-state index in [0.29, 0.717) is 11.8 Å². The first-order valence-corrected chi connectivity index (χ1v) is 7.82. The van der Waals surface area contributed by atoms with Crippen LogP contribution in [0, 0.1) is 5.41 Å². The summed E-state index contributed by atoms with van der Waals surface area (Å²) in [7, 11) is 0. The number of hydrogen-bond donors (Lipinski definition) is 0. The summed E-state index contributed by atoms with van der Waals surface area (Å²) in [5, 5.41) is 0. The minimum atomic E-state index is -5.15. The van der Waals surface area contributed by atoms with Gasteiger partial charge in [0.1, 0.15) is 0 Å². The van der Waals surface area contributed by atoms with Gasteiger partial charge in [0.15, 0.2) is 0 Å². The molecule has 0 fully saturated rings. The Labute approximate surface area is 130 Å². The molecule has 0 atom stereocenters. The highest BCUT2D eigenvalue weighted by Crippen LogP contribution is 2.22. The van der Waals surface area contributed by atoms with E-state index in [4.69, 9.17) is 0 Å². The molecule has 6 heteroatoms. The number of halogens is 3. The van der Waals surface area contributed by atoms with Gasteiger partial charge in [0, 0.05) is 0 Å². The lowest BCUT2D eigenvalue weighted by Crippen LogP contribution is -2.32. The van der Waals surface area contributed by atoms with Crippen LogP contribution in [0.15, 0.2) is 0 Å². The van der Waals surface area contributed by atoms with Gasteiger partial charge < -0.3 is 4.74 Å². The molecule has 0 bridgehead atoms. The van der Waals surface area contributed by atoms with E-state index in [1.165, 1.54) is 19.3 Å². The summed E-state index contributed by atoms with van der Waals surface area (Å²) in [6, 6.07) is 0. The number of Topliss-reactive ketones (excluding diaryl/α,β-unsaturated/α-hetero) is 1. The van der Waals surface area contributed by atoms with Gasteiger partial charge in [0.25, 0.3) is 0 Å². The average Bonchev–Trinajstić information content (AvgIpc) is 2.37. The minimum absolute atomic E-state index is 0.134. The second-order valence-corrected chi connectivity index (χ2v) is 6.75. The van der Waals surface area contributed by atoms with E-state index < -0.39 is 17.9 Å². The smallest absolute Gasteiger partial charge is 0.460 e. The SMILES string of the molecule is CC(C)(C)CCCCCCCCCOC(=O)C(=O)C(F)(F)F. The maximum atomic E-state index is 11.9. The third-order valence-electron chi connectivity index (χ3n) is 3.25. The molecule has 0 heterocycles. The number of rotatable bonds is 10. The Bertz CT molecular complexity index is 344. The molecule has 0 saturated carbocycles. The molecule has 130 valence electrons. The Morgan fingerprint density at radius 3 is 1.73 bits per heavy atom. The van der Waals surface area contributed by atoms with E-state index >= 15 is 0 Å². The van der Waals surface area contributed by atoms with Gasteiger partial charge in [-0.1, -0.05) is 59.3 Å². The predicted octanol–water partition coefficient (Wildman–Crippen LogP) is 4.83. The molecule has 0 rings (SSSR count). The van der Waals surface area contributed by atoms with Gasteiger partial charge in [0.05, 0.1) is 6.61 Å². The fourth-order valence-corrected chi connectivity index (χ4v) is 1.99. The van der Waals surface area contributed by atoms with E-state index in [2.05, 4.69) is 25.5 Å². The van der Waals surface area contributed by atoms with Gasteiger partial charge in [-0.2, -0.15) is 13.2 Å². The number of ketones is 1. The second kappa shape index (κ2) is 9.85. The fourth-order valence-electron chi connectivity index (χ4n) is 1.99. The van der Waals surface area contributed by atoms with Gasteiger partial charge in [-0.25, -0.2) is 4.79 Å². The van der Waals surface area contributed by atoms with Crippen molar-refractivity contribution < 1.29 is 27.5 Å². The van der Waals surface area contributed by atoms with Crippen molar-refractivity contribution in [1.82, 2.24) is 0 Å². The number of alkyl halides is 3. The Kier molecular flexibility index (Phi) is 9.37. The quantitative estimate of drug-likeness (QED) is 0.328. The molecule has 0 aromatic rings. The van der Waals surface area contributed by atoms with Crippen molar-refractivity contribution >= 4 is 11.8 Å². The first kappa shape index (κ1) is 20.9. The number of carbonyl (C=O) groups excluding carboxylic acids is 2. The van der Waals surface area contributed by atoms with Crippen LogP contribution in [0.2, 0.25) is 0 Å². The molecule has 0 amide bonds. The van der Waals surface area contributed by atoms with Crippen LogP contribution in [0.5, 0.6) is 0 Å². The van der Waals surface area contributed by atoms with Crippen LogP contribution in [0.1, 0.15) is 72.1 Å². The molecule has 0 aliphatic heterocycles. The van der Waals surface area contributed by atoms with E-state index in [1.807, 2.05) is 0 Å². The van der Waals surface area contributed by atoms with Crippen LogP contribution < -0.4 is 0 Å². The van der Waals surface area contributed by atoms with Crippen molar-refractivity contribution in [3.63, 3.8) is 0 Å². The summed E-state index contributed by atoms with van der Waals surface area (Å²) >= 11 is 0. The van der Waals surface area contributed by atoms with Crippen molar-refractivity contribution in [3.8, 4) is 0 Å². The maximum absolute atomic E-state index is 11.9. The Morgan fingerprint density at radius 1 is 0.818 bits per heavy atom. The van der Waals surface area contributed by atoms with Crippen LogP contribution >= 0.6 is 0 Å². The van der Waals surface area contributed by atoms with Crippen LogP contribution in [0.25, 0.3) is 0 Å². The highest BCUT2D eigenvalue weighted by molar-refractivity contribution is 6.35. The number of hydrogen-bond acceptors (Lipinski definition) is 3. The van der Waals surface area contributed by atoms with Crippen LogP contribution in [0.3, 0.4) is 0 Å². The summed E-state index contributed by atoms with van der Waals surface area (Å²) in [5.41, 5.74) is 0.373. The topological polar surface area (TPSA) is 43.4 Å². The van der Waals surface area contributed by atoms with Crippen LogP contribution in [-0.2, 0) is 14.3 Å². The summed E-state index contributed by atoms with van der Waals surface area (Å²) in [6.45, 7) is 6.53. The zero-order chi connectivity index (χ0) is 17.2. The first-order valence-electron chi connectivity index (χ1n) is 7.82. The molecule has 0 aliphatic rings. The normalized spacial score (nSPS) is 12.3. The minimum Gasteiger partial charge on any atom is -0.460 e. The Morgan fingerprint density at radius 2 is 1.27 bits per heavy atom. The molecule has 0 N–H and O–H groups in total. The molecule has 0 aromatic carbocycles. The van der Waals surface area contributed by atoms with Gasteiger partial charge in [-0.3, -0.25) is 4.79 Å². The molecule has 0 radical (unpaired) electrons. The highest BCUT2D eigenvalue weighted by Gasteiger charge is 2.44. The standard InChI is InChI=1S/C16H27F3O3/c1-15(2,3)11-9-7-5-4-6-8-10-12-22-14(21)13(20)16(17,18)19/h4-12H2,1-3H3. The summed E-state index contributed by atoms with van der Waals surface area (Å²) < 4.78 is 40.0. The number of unbranched alkanes of at least 4 members (excludes halogenated alkanes) is 6. The lowest BCUT2D eigenvalue weighted by molar-refractivity contribution is -0.183. The van der Waals surface area contributed by atoms with E-state index in [-0.39, 0.29) is 6.61 Å². The highest BCUT2D eigenvalue weighted by atomic mass is 19.4. The van der Waals surface area contributed by atoms with Crippen LogP contribution in [-0.4, -0.2) is 24.5 Å². The van der Waals surface area contributed by atoms with E-state index in [1.54, 1.807) is 0 Å². The molecule has 0 spiro atoms. The van der Waals surface area contributed by atoms with Crippen molar-refractivity contribution in [1.29, 1.82) is 0 Å². The average molecular weight is 324 g/mol. The summed E-state index contributed by atoms with van der Waals surface area (Å²) in [4.78, 5) is 21.3. The largest absolute Gasteiger partial charge is 0.461 e. The maximum Gasteiger partial charge on any atom is 0.461 e. The summed E-state index contributed by atoms with van der Waals surface area (Å²) in [5.74, 6) is -4.25. The molecule has 0 aromatic heterocycles. The number of esters is 1. The first-order chi connectivity index (χ1) is 10.0. The third-order valence-corrected chi connectivity index (χ3v) is 3.25. The molecule has 3 nitrogen and oxygen atoms in total. The van der Waals surface area contributed by atoms with Gasteiger partial charge in [-0.05, 0) is 18.3 Å². The second-order valence-electron chi connectivity index (χ2n) is 6.75. The molecular formula is C16H27F3O3. The monoisotopic (exact) mass is 324 g/mol. The molecule has 0 saturated heterocycles. The predicted molar refractivity (Wildman–Crippen MR) is 78.4 cm³/mol. The zero-order valence-corrected chi connectivity index (χ0v) is 13.7. The molecular weight excluding hydrogens is 297 g/mol. The van der Waals surface area contributed by atoms with Gasteiger partial charge >= 0.3 is 17.9 Å². The van der Waals surface area contributed by atoms with Gasteiger partial charge in [-0.15, -0.1) is 0 Å². The third kappa shape index (κ3) is 11.6. The molecule has 0 aliphatic carbocycles. The van der Waals surface area contributed by atoms with Crippen molar-refractivity contribution in [2.75, 3.05) is 6.61 Å². The van der Waals surface area contributed by atoms with Gasteiger partial charge in [0.2, 0.25) is 0 Å². The Balaban J connectivity index is 3.45. The van der Waals surface area contributed by atoms with E-state index in [9.17, 15) is 22.8 Å². The van der Waals surface area contributed by atoms with Crippen molar-refractivity contribution in [3.05, 3.63) is 0 Å². The van der Waals surface area contributed by atoms with Crippen LogP contribution in [0.4, 0.5) is 13.2 Å². The lowest BCUT2D eigenvalue weighted by atomic mass is 9.89. The number of ether oxygens (including phenoxy) is 1. The Hall–Kier alpha value is -1.07. The zero-order valence-electron chi connectivity index (χ0n) is 13.7. The van der Waals surface area contributed by atoms with E-state index in [0.717, 1.165) is 25.7 Å². The molecule has 0 unspecified atom stereocenters. The molecule has 22 heavy (non-hydrogen) atoms. The number of carbonyl (C=O) groups is 2.